The number of carbonyl (C=O) groups excluding carboxylic acids is 2. The second-order valence-electron chi connectivity index (χ2n) is 5.11. The molecular weight excluding hydrogens is 292 g/mol. The molecule has 0 aliphatic heterocycles. The number of amides is 2. The van der Waals surface area contributed by atoms with Gasteiger partial charge in [0.05, 0.1) is 17.8 Å². The average molecular weight is 312 g/mol. The van der Waals surface area contributed by atoms with Gasteiger partial charge in [-0.05, 0) is 25.0 Å². The van der Waals surface area contributed by atoms with Gasteiger partial charge in [-0.3, -0.25) is 14.4 Å². The third kappa shape index (κ3) is 5.95. The maximum Gasteiger partial charge on any atom is 0.305 e. The maximum atomic E-state index is 11.8. The van der Waals surface area contributed by atoms with Crippen LogP contribution < -0.4 is 10.6 Å². The number of carboxylic acid groups (broad SMARTS) is 1. The van der Waals surface area contributed by atoms with Gasteiger partial charge in [0.2, 0.25) is 5.91 Å². The number of carbonyl (C=O) groups is 3. The highest BCUT2D eigenvalue weighted by Gasteiger charge is 2.19. The first-order valence-electron chi connectivity index (χ1n) is 6.65. The molecule has 0 spiro atoms. The van der Waals surface area contributed by atoms with Crippen LogP contribution in [0.2, 0.25) is 0 Å². The molecule has 1 aromatic rings. The van der Waals surface area contributed by atoms with Gasteiger partial charge in [-0.1, -0.05) is 13.8 Å². The lowest BCUT2D eigenvalue weighted by molar-refractivity contribution is -0.138. The summed E-state index contributed by atoms with van der Waals surface area (Å²) in [6.07, 6.45) is -0.137. The van der Waals surface area contributed by atoms with E-state index >= 15 is 0 Å². The molecule has 1 unspecified atom stereocenters. The van der Waals surface area contributed by atoms with Crippen molar-refractivity contribution in [3.63, 3.8) is 0 Å². The number of nitrogens with one attached hydrogen (secondary N) is 2. The number of carboxylic acids is 1. The van der Waals surface area contributed by atoms with Crippen LogP contribution in [0.4, 0.5) is 0 Å². The van der Waals surface area contributed by atoms with Crippen LogP contribution in [-0.4, -0.2) is 35.5 Å². The van der Waals surface area contributed by atoms with Crippen LogP contribution in [0.25, 0.3) is 0 Å². The van der Waals surface area contributed by atoms with Crippen molar-refractivity contribution in [3.8, 4) is 0 Å². The van der Waals surface area contributed by atoms with Crippen LogP contribution in [0.3, 0.4) is 0 Å². The molecule has 0 saturated heterocycles. The number of aliphatic carboxylic acids is 1. The highest BCUT2D eigenvalue weighted by Crippen LogP contribution is 2.14. The molecule has 3 N–H and O–H groups in total. The van der Waals surface area contributed by atoms with Gasteiger partial charge in [-0.2, -0.15) is 0 Å². The van der Waals surface area contributed by atoms with E-state index in [-0.39, 0.29) is 24.8 Å². The van der Waals surface area contributed by atoms with Crippen molar-refractivity contribution in [1.29, 1.82) is 0 Å². The zero-order chi connectivity index (χ0) is 16.0. The third-order valence-electron chi connectivity index (χ3n) is 2.92. The van der Waals surface area contributed by atoms with Crippen LogP contribution in [0.15, 0.2) is 12.1 Å². The van der Waals surface area contributed by atoms with Crippen molar-refractivity contribution < 1.29 is 19.5 Å². The molecule has 0 aliphatic carbocycles. The maximum absolute atomic E-state index is 11.8. The molecule has 0 aliphatic rings. The highest BCUT2D eigenvalue weighted by atomic mass is 32.1. The quantitative estimate of drug-likeness (QED) is 0.709. The van der Waals surface area contributed by atoms with Crippen molar-refractivity contribution in [2.75, 3.05) is 6.54 Å². The summed E-state index contributed by atoms with van der Waals surface area (Å²) in [7, 11) is 0. The van der Waals surface area contributed by atoms with Gasteiger partial charge in [0.1, 0.15) is 0 Å². The largest absolute Gasteiger partial charge is 0.481 e. The lowest BCUT2D eigenvalue weighted by Gasteiger charge is -2.20. The smallest absolute Gasteiger partial charge is 0.305 e. The molecule has 2 amide bonds. The van der Waals surface area contributed by atoms with E-state index in [1.54, 1.807) is 6.07 Å². The molecule has 0 saturated carbocycles. The van der Waals surface area contributed by atoms with Crippen molar-refractivity contribution >= 4 is 29.1 Å². The van der Waals surface area contributed by atoms with Gasteiger partial charge in [0.25, 0.3) is 5.91 Å². The Morgan fingerprint density at radius 2 is 1.95 bits per heavy atom. The molecule has 1 aromatic heterocycles. The van der Waals surface area contributed by atoms with E-state index in [4.69, 9.17) is 5.11 Å². The minimum absolute atomic E-state index is 0.000645. The Kier molecular flexibility index (Phi) is 6.36. The lowest BCUT2D eigenvalue weighted by Crippen LogP contribution is -2.44. The van der Waals surface area contributed by atoms with Gasteiger partial charge in [-0.25, -0.2) is 0 Å². The van der Waals surface area contributed by atoms with E-state index in [1.807, 2.05) is 26.8 Å². The molecule has 21 heavy (non-hydrogen) atoms. The van der Waals surface area contributed by atoms with Crippen molar-refractivity contribution in [1.82, 2.24) is 10.6 Å². The van der Waals surface area contributed by atoms with Gasteiger partial charge in [0.15, 0.2) is 0 Å². The van der Waals surface area contributed by atoms with Crippen LogP contribution in [-0.2, 0) is 9.59 Å². The predicted octanol–water partition coefficient (Wildman–Crippen LogP) is 1.40. The molecule has 0 fully saturated rings. The molecule has 1 atom stereocenters. The minimum Gasteiger partial charge on any atom is -0.481 e. The number of rotatable bonds is 7. The molecule has 6 nitrogen and oxygen atoms in total. The summed E-state index contributed by atoms with van der Waals surface area (Å²) in [6.45, 7) is 5.40. The molecule has 1 rings (SSSR count). The summed E-state index contributed by atoms with van der Waals surface area (Å²) >= 11 is 1.35. The molecule has 0 aromatic carbocycles. The highest BCUT2D eigenvalue weighted by molar-refractivity contribution is 7.13. The Labute approximate surface area is 127 Å². The van der Waals surface area contributed by atoms with E-state index in [0.717, 1.165) is 4.88 Å². The fourth-order valence-corrected chi connectivity index (χ4v) is 2.49. The summed E-state index contributed by atoms with van der Waals surface area (Å²) in [6, 6.07) is 3.09. The Hall–Kier alpha value is -1.89. The Morgan fingerprint density at radius 1 is 1.29 bits per heavy atom. The molecular formula is C14H20N2O4S. The van der Waals surface area contributed by atoms with Crippen LogP contribution >= 0.6 is 11.3 Å². The SMILES string of the molecule is Cc1ccc(C(=O)NCC(=O)NC(CC(=O)O)C(C)C)s1. The molecule has 7 heteroatoms. The summed E-state index contributed by atoms with van der Waals surface area (Å²) in [5.41, 5.74) is 0. The Bertz CT molecular complexity index is 525. The first kappa shape index (κ1) is 17.2. The fraction of sp³-hybridized carbons (Fsp3) is 0.500. The number of hydrogen-bond acceptors (Lipinski definition) is 4. The van der Waals surface area contributed by atoms with E-state index in [2.05, 4.69) is 10.6 Å². The fourth-order valence-electron chi connectivity index (χ4n) is 1.70. The normalized spacial score (nSPS) is 12.0. The third-order valence-corrected chi connectivity index (χ3v) is 3.92. The van der Waals surface area contributed by atoms with Gasteiger partial charge >= 0.3 is 5.97 Å². The van der Waals surface area contributed by atoms with Crippen LogP contribution in [0.1, 0.15) is 34.8 Å². The zero-order valence-corrected chi connectivity index (χ0v) is 13.1. The van der Waals surface area contributed by atoms with Crippen LogP contribution in [0.5, 0.6) is 0 Å². The van der Waals surface area contributed by atoms with Gasteiger partial charge in [-0.15, -0.1) is 11.3 Å². The predicted molar refractivity (Wildman–Crippen MR) is 80.4 cm³/mol. The topological polar surface area (TPSA) is 95.5 Å². The van der Waals surface area contributed by atoms with Gasteiger partial charge in [0, 0.05) is 10.9 Å². The van der Waals surface area contributed by atoms with Gasteiger partial charge < -0.3 is 15.7 Å². The standard InChI is InChI=1S/C14H20N2O4S/c1-8(2)10(6-13(18)19)16-12(17)7-15-14(20)11-5-4-9(3)21-11/h4-5,8,10H,6-7H2,1-3H3,(H,15,20)(H,16,17)(H,18,19). The number of hydrogen-bond donors (Lipinski definition) is 3. The van der Waals surface area contributed by atoms with Crippen molar-refractivity contribution in [2.24, 2.45) is 5.92 Å². The zero-order valence-electron chi connectivity index (χ0n) is 12.3. The molecule has 1 heterocycles. The van der Waals surface area contributed by atoms with E-state index in [1.165, 1.54) is 11.3 Å². The Balaban J connectivity index is 2.45. The Morgan fingerprint density at radius 3 is 2.43 bits per heavy atom. The lowest BCUT2D eigenvalue weighted by atomic mass is 10.0. The van der Waals surface area contributed by atoms with Crippen molar-refractivity contribution in [3.05, 3.63) is 21.9 Å². The second-order valence-corrected chi connectivity index (χ2v) is 6.40. The van der Waals surface area contributed by atoms with E-state index in [0.29, 0.717) is 4.88 Å². The number of thiophene rings is 1. The van der Waals surface area contributed by atoms with E-state index in [9.17, 15) is 14.4 Å². The monoisotopic (exact) mass is 312 g/mol. The first-order valence-corrected chi connectivity index (χ1v) is 7.47. The molecule has 0 radical (unpaired) electrons. The summed E-state index contributed by atoms with van der Waals surface area (Å²) < 4.78 is 0. The average Bonchev–Trinajstić information content (AvgIpc) is 2.81. The van der Waals surface area contributed by atoms with Crippen molar-refractivity contribution in [2.45, 2.75) is 33.2 Å². The summed E-state index contributed by atoms with van der Waals surface area (Å²) in [5.74, 6) is -1.66. The minimum atomic E-state index is -0.966. The summed E-state index contributed by atoms with van der Waals surface area (Å²) in [4.78, 5) is 35.8. The molecule has 0 bridgehead atoms. The van der Waals surface area contributed by atoms with Crippen LogP contribution in [0, 0.1) is 12.8 Å². The number of aryl methyl sites for hydroxylation is 1. The summed E-state index contributed by atoms with van der Waals surface area (Å²) in [5, 5.41) is 13.9. The molecule has 116 valence electrons. The second kappa shape index (κ2) is 7.78. The van der Waals surface area contributed by atoms with E-state index < -0.39 is 17.9 Å². The first-order chi connectivity index (χ1) is 9.79.